The molecule has 3 rings (SSSR count). The summed E-state index contributed by atoms with van der Waals surface area (Å²) >= 11 is 0. The highest BCUT2D eigenvalue weighted by atomic mass is 19.1. The predicted octanol–water partition coefficient (Wildman–Crippen LogP) is 2.00. The van der Waals surface area contributed by atoms with Gasteiger partial charge in [-0.3, -0.25) is 4.90 Å². The summed E-state index contributed by atoms with van der Waals surface area (Å²) in [6.45, 7) is 5.23. The average Bonchev–Trinajstić information content (AvgIpc) is 3.11. The summed E-state index contributed by atoms with van der Waals surface area (Å²) in [7, 11) is 2.06. The number of aromatic nitrogens is 1. The van der Waals surface area contributed by atoms with Crippen molar-refractivity contribution in [1.29, 1.82) is 5.41 Å². The largest absolute Gasteiger partial charge is 0.398 e. The zero-order valence-electron chi connectivity index (χ0n) is 16.5. The van der Waals surface area contributed by atoms with Gasteiger partial charge in [0.2, 0.25) is 5.95 Å². The van der Waals surface area contributed by atoms with Crippen LogP contribution in [-0.2, 0) is 0 Å². The Morgan fingerprint density at radius 1 is 1.38 bits per heavy atom. The van der Waals surface area contributed by atoms with Gasteiger partial charge in [0.15, 0.2) is 0 Å². The Hall–Kier alpha value is -2.81. The second-order valence-corrected chi connectivity index (χ2v) is 7.42. The van der Waals surface area contributed by atoms with Gasteiger partial charge in [-0.2, -0.15) is 4.39 Å². The van der Waals surface area contributed by atoms with Crippen molar-refractivity contribution in [2.24, 2.45) is 11.5 Å². The molecule has 1 fully saturated rings. The van der Waals surface area contributed by atoms with Gasteiger partial charge in [-0.05, 0) is 50.2 Å². The van der Waals surface area contributed by atoms with E-state index in [9.17, 15) is 4.39 Å². The van der Waals surface area contributed by atoms with Crippen molar-refractivity contribution >= 4 is 11.9 Å². The molecule has 1 aromatic carbocycles. The SMILES string of the molecule is C=C(NC(c1ccc(C=N)c(N)c1)c1ccc(C(N)N)c(F)n1)C1CCCN1C. The molecule has 0 aliphatic carbocycles. The minimum Gasteiger partial charge on any atom is -0.398 e. The molecule has 8 N–H and O–H groups in total. The Morgan fingerprint density at radius 3 is 2.69 bits per heavy atom. The molecule has 2 aromatic rings. The number of nitrogens with one attached hydrogen (secondary N) is 2. The van der Waals surface area contributed by atoms with E-state index >= 15 is 0 Å². The van der Waals surface area contributed by atoms with Gasteiger partial charge in [-0.15, -0.1) is 0 Å². The third kappa shape index (κ3) is 4.45. The van der Waals surface area contributed by atoms with Gasteiger partial charge in [-0.1, -0.05) is 18.7 Å². The van der Waals surface area contributed by atoms with E-state index in [1.165, 1.54) is 6.21 Å². The molecule has 0 saturated carbocycles. The predicted molar refractivity (Wildman–Crippen MR) is 114 cm³/mol. The Bertz CT molecular complexity index is 912. The quantitative estimate of drug-likeness (QED) is 0.210. The number of rotatable bonds is 7. The van der Waals surface area contributed by atoms with Crippen molar-refractivity contribution in [3.05, 3.63) is 70.9 Å². The lowest BCUT2D eigenvalue weighted by atomic mass is 9.98. The first-order valence-electron chi connectivity index (χ1n) is 9.54. The molecule has 0 amide bonds. The molecular weight excluding hydrogens is 369 g/mol. The maximum Gasteiger partial charge on any atom is 0.219 e. The van der Waals surface area contributed by atoms with Crippen LogP contribution >= 0.6 is 0 Å². The van der Waals surface area contributed by atoms with Gasteiger partial charge < -0.3 is 27.9 Å². The van der Waals surface area contributed by atoms with E-state index in [4.69, 9.17) is 22.6 Å². The number of nitrogens with zero attached hydrogens (tertiary/aromatic N) is 2. The summed E-state index contributed by atoms with van der Waals surface area (Å²) in [5, 5.41) is 10.9. The summed E-state index contributed by atoms with van der Waals surface area (Å²) in [5.41, 5.74) is 20.6. The second kappa shape index (κ2) is 8.69. The summed E-state index contributed by atoms with van der Waals surface area (Å²) in [5.74, 6) is -0.697. The minimum atomic E-state index is -0.937. The Balaban J connectivity index is 1.99. The van der Waals surface area contributed by atoms with Crippen molar-refractivity contribution in [3.8, 4) is 0 Å². The van der Waals surface area contributed by atoms with Crippen LogP contribution in [0.4, 0.5) is 10.1 Å². The molecule has 7 nitrogen and oxygen atoms in total. The molecular formula is C21H28FN7. The van der Waals surface area contributed by atoms with Crippen molar-refractivity contribution in [3.63, 3.8) is 0 Å². The number of likely N-dealkylation sites (N-methyl/N-ethyl adjacent to an activating group) is 1. The number of hydrogen-bond acceptors (Lipinski definition) is 7. The Labute approximate surface area is 170 Å². The van der Waals surface area contributed by atoms with Crippen LogP contribution in [0.15, 0.2) is 42.6 Å². The maximum atomic E-state index is 14.5. The number of halogens is 1. The topological polar surface area (TPSA) is 130 Å². The lowest BCUT2D eigenvalue weighted by Gasteiger charge is -2.28. The van der Waals surface area contributed by atoms with Crippen LogP contribution in [0.5, 0.6) is 0 Å². The van der Waals surface area contributed by atoms with E-state index in [-0.39, 0.29) is 11.6 Å². The van der Waals surface area contributed by atoms with Crippen LogP contribution in [0.2, 0.25) is 0 Å². The summed E-state index contributed by atoms with van der Waals surface area (Å²) in [6, 6.07) is 8.37. The number of nitrogens with two attached hydrogens (primary N) is 3. The fourth-order valence-corrected chi connectivity index (χ4v) is 3.73. The molecule has 0 bridgehead atoms. The molecule has 1 aliphatic rings. The first kappa shape index (κ1) is 20.9. The highest BCUT2D eigenvalue weighted by molar-refractivity contribution is 5.85. The summed E-state index contributed by atoms with van der Waals surface area (Å²) in [4.78, 5) is 6.35. The molecule has 1 saturated heterocycles. The molecule has 2 unspecified atom stereocenters. The standard InChI is InChI=1S/C21H28FN7/c1-12(18-4-3-9-29(18)2)27-19(13-5-6-14(11-23)16(24)10-13)17-8-7-15(21(25)26)20(22)28-17/h5-8,10-11,18-19,21,23,27H,1,3-4,9,24-26H2,2H3. The van der Waals surface area contributed by atoms with Crippen LogP contribution in [0, 0.1) is 11.4 Å². The van der Waals surface area contributed by atoms with Crippen LogP contribution < -0.4 is 22.5 Å². The van der Waals surface area contributed by atoms with E-state index in [0.717, 1.165) is 30.6 Å². The number of hydrogen-bond donors (Lipinski definition) is 5. The van der Waals surface area contributed by atoms with E-state index in [1.807, 2.05) is 6.07 Å². The minimum absolute atomic E-state index is 0.153. The monoisotopic (exact) mass is 397 g/mol. The maximum absolute atomic E-state index is 14.5. The molecule has 8 heteroatoms. The van der Waals surface area contributed by atoms with Crippen LogP contribution in [0.1, 0.15) is 47.4 Å². The third-order valence-corrected chi connectivity index (χ3v) is 5.41. The molecule has 154 valence electrons. The second-order valence-electron chi connectivity index (χ2n) is 7.42. The first-order chi connectivity index (χ1) is 13.8. The number of benzene rings is 1. The Morgan fingerprint density at radius 2 is 2.14 bits per heavy atom. The summed E-state index contributed by atoms with van der Waals surface area (Å²) in [6.07, 6.45) is 2.37. The number of anilines is 1. The average molecular weight is 398 g/mol. The van der Waals surface area contributed by atoms with E-state index in [0.29, 0.717) is 16.9 Å². The molecule has 0 radical (unpaired) electrons. The zero-order chi connectivity index (χ0) is 21.1. The van der Waals surface area contributed by atoms with Gasteiger partial charge in [0.1, 0.15) is 0 Å². The van der Waals surface area contributed by atoms with Gasteiger partial charge >= 0.3 is 0 Å². The number of likely N-dealkylation sites (tertiary alicyclic amines) is 1. The fraction of sp³-hybridized carbons (Fsp3) is 0.333. The molecule has 29 heavy (non-hydrogen) atoms. The van der Waals surface area contributed by atoms with Crippen LogP contribution in [-0.4, -0.2) is 35.7 Å². The highest BCUT2D eigenvalue weighted by Crippen LogP contribution is 2.28. The Kier molecular flexibility index (Phi) is 6.26. The van der Waals surface area contributed by atoms with Crippen molar-refractivity contribution < 1.29 is 4.39 Å². The number of pyridine rings is 1. The number of nitrogen functional groups attached to an aromatic ring is 1. The molecule has 1 aliphatic heterocycles. The van der Waals surface area contributed by atoms with Crippen molar-refractivity contribution in [2.75, 3.05) is 19.3 Å². The van der Waals surface area contributed by atoms with Crippen LogP contribution in [0.25, 0.3) is 0 Å². The molecule has 2 heterocycles. The molecule has 1 aromatic heterocycles. The molecule has 2 atom stereocenters. The van der Waals surface area contributed by atoms with Crippen molar-refractivity contribution in [1.82, 2.24) is 15.2 Å². The normalized spacial score (nSPS) is 18.0. The lowest BCUT2D eigenvalue weighted by molar-refractivity contribution is 0.330. The highest BCUT2D eigenvalue weighted by Gasteiger charge is 2.27. The van der Waals surface area contributed by atoms with Gasteiger partial charge in [0.05, 0.1) is 17.9 Å². The van der Waals surface area contributed by atoms with E-state index in [1.54, 1.807) is 24.3 Å². The third-order valence-electron chi connectivity index (χ3n) is 5.41. The zero-order valence-corrected chi connectivity index (χ0v) is 16.5. The van der Waals surface area contributed by atoms with Crippen molar-refractivity contribution in [2.45, 2.75) is 31.1 Å². The lowest BCUT2D eigenvalue weighted by Crippen LogP contribution is -2.35. The smallest absolute Gasteiger partial charge is 0.219 e. The first-order valence-corrected chi connectivity index (χ1v) is 9.54. The van der Waals surface area contributed by atoms with E-state index < -0.39 is 18.2 Å². The van der Waals surface area contributed by atoms with Gasteiger partial charge in [0, 0.05) is 34.8 Å². The van der Waals surface area contributed by atoms with E-state index in [2.05, 4.69) is 28.8 Å². The fourth-order valence-electron chi connectivity index (χ4n) is 3.73. The van der Waals surface area contributed by atoms with Gasteiger partial charge in [-0.25, -0.2) is 4.98 Å². The van der Waals surface area contributed by atoms with Gasteiger partial charge in [0.25, 0.3) is 0 Å². The molecule has 0 spiro atoms. The summed E-state index contributed by atoms with van der Waals surface area (Å²) < 4.78 is 14.5. The van der Waals surface area contributed by atoms with Crippen LogP contribution in [0.3, 0.4) is 0 Å².